The van der Waals surface area contributed by atoms with Crippen molar-refractivity contribution in [2.24, 2.45) is 0 Å². The van der Waals surface area contributed by atoms with Crippen LogP contribution in [0.5, 0.6) is 0 Å². The number of aromatic nitrogens is 3. The van der Waals surface area contributed by atoms with Crippen LogP contribution in [0.1, 0.15) is 60.8 Å². The van der Waals surface area contributed by atoms with E-state index >= 15 is 0 Å². The Morgan fingerprint density at radius 1 is 1.43 bits per heavy atom. The number of oxazole rings is 1. The maximum absolute atomic E-state index is 12.5. The maximum atomic E-state index is 12.5. The molecule has 1 N–H and O–H groups in total. The van der Waals surface area contributed by atoms with Crippen molar-refractivity contribution >= 4 is 5.91 Å². The van der Waals surface area contributed by atoms with E-state index in [2.05, 4.69) is 25.3 Å². The summed E-state index contributed by atoms with van der Waals surface area (Å²) < 4.78 is 21.4. The molecule has 0 aromatic carbocycles. The molecule has 3 heterocycles. The summed E-state index contributed by atoms with van der Waals surface area (Å²) in [5.74, 6) is 1.44. The van der Waals surface area contributed by atoms with E-state index < -0.39 is 0 Å². The molecule has 1 amide bonds. The van der Waals surface area contributed by atoms with Crippen LogP contribution in [0.25, 0.3) is 0 Å². The summed E-state index contributed by atoms with van der Waals surface area (Å²) in [6, 6.07) is -0.0118. The highest BCUT2D eigenvalue weighted by atomic mass is 16.5. The molecular formula is C18H27N5O5. The molecule has 3 rings (SSSR count). The summed E-state index contributed by atoms with van der Waals surface area (Å²) in [4.78, 5) is 23.1. The zero-order valence-corrected chi connectivity index (χ0v) is 16.7. The van der Waals surface area contributed by atoms with Crippen molar-refractivity contribution in [3.8, 4) is 0 Å². The number of carbonyl (C=O) groups excluding carboxylic acids is 1. The van der Waals surface area contributed by atoms with Gasteiger partial charge in [-0.25, -0.2) is 4.98 Å². The van der Waals surface area contributed by atoms with Crippen LogP contribution in [0.3, 0.4) is 0 Å². The number of morpholine rings is 1. The number of rotatable bonds is 8. The molecule has 1 aliphatic rings. The lowest BCUT2D eigenvalue weighted by Crippen LogP contribution is -2.50. The van der Waals surface area contributed by atoms with Crippen LogP contribution in [0.15, 0.2) is 15.3 Å². The van der Waals surface area contributed by atoms with Crippen LogP contribution in [0.4, 0.5) is 0 Å². The molecule has 0 spiro atoms. The smallest absolute Gasteiger partial charge is 0.273 e. The molecule has 1 saturated heterocycles. The molecule has 154 valence electrons. The second-order valence-electron chi connectivity index (χ2n) is 7.05. The molecular weight excluding hydrogens is 366 g/mol. The number of ether oxygens (including phenoxy) is 2. The number of nitrogens with one attached hydrogen (secondary N) is 1. The molecule has 0 bridgehead atoms. The summed E-state index contributed by atoms with van der Waals surface area (Å²) in [7, 11) is 1.60. The Morgan fingerprint density at radius 3 is 3.00 bits per heavy atom. The summed E-state index contributed by atoms with van der Waals surface area (Å²) in [5.41, 5.74) is 0.327. The molecule has 2 aromatic heterocycles. The zero-order valence-electron chi connectivity index (χ0n) is 16.7. The molecule has 2 unspecified atom stereocenters. The number of hydrogen-bond acceptors (Lipinski definition) is 9. The predicted molar refractivity (Wildman–Crippen MR) is 97.7 cm³/mol. The lowest BCUT2D eigenvalue weighted by Gasteiger charge is -2.34. The van der Waals surface area contributed by atoms with Crippen LogP contribution >= 0.6 is 0 Å². The zero-order chi connectivity index (χ0) is 20.1. The highest BCUT2D eigenvalue weighted by Crippen LogP contribution is 2.18. The lowest BCUT2D eigenvalue weighted by molar-refractivity contribution is -0.0145. The van der Waals surface area contributed by atoms with Gasteiger partial charge in [0.2, 0.25) is 5.89 Å². The minimum Gasteiger partial charge on any atom is -0.447 e. The molecule has 0 radical (unpaired) electrons. The molecule has 0 saturated carbocycles. The van der Waals surface area contributed by atoms with Crippen molar-refractivity contribution in [1.29, 1.82) is 0 Å². The third-order valence-electron chi connectivity index (χ3n) is 4.72. The molecule has 2 aromatic rings. The summed E-state index contributed by atoms with van der Waals surface area (Å²) >= 11 is 0. The first-order valence-corrected chi connectivity index (χ1v) is 9.38. The molecule has 1 fully saturated rings. The average molecular weight is 393 g/mol. The molecule has 10 nitrogen and oxygen atoms in total. The van der Waals surface area contributed by atoms with Crippen molar-refractivity contribution in [1.82, 2.24) is 25.3 Å². The highest BCUT2D eigenvalue weighted by molar-refractivity contribution is 5.93. The van der Waals surface area contributed by atoms with Crippen molar-refractivity contribution in [2.45, 2.75) is 45.4 Å². The molecule has 10 heteroatoms. The van der Waals surface area contributed by atoms with Crippen LogP contribution in [0.2, 0.25) is 0 Å². The van der Waals surface area contributed by atoms with Gasteiger partial charge in [0.15, 0.2) is 17.9 Å². The Morgan fingerprint density at radius 2 is 2.25 bits per heavy atom. The fourth-order valence-electron chi connectivity index (χ4n) is 2.99. The van der Waals surface area contributed by atoms with Gasteiger partial charge in [-0.3, -0.25) is 9.69 Å². The molecule has 1 aliphatic heterocycles. The second-order valence-corrected chi connectivity index (χ2v) is 7.05. The van der Waals surface area contributed by atoms with Crippen molar-refractivity contribution in [3.63, 3.8) is 0 Å². The largest absolute Gasteiger partial charge is 0.447 e. The highest BCUT2D eigenvalue weighted by Gasteiger charge is 2.27. The van der Waals surface area contributed by atoms with Crippen molar-refractivity contribution < 1.29 is 23.2 Å². The van der Waals surface area contributed by atoms with E-state index in [0.717, 1.165) is 0 Å². The van der Waals surface area contributed by atoms with Gasteiger partial charge in [-0.2, -0.15) is 4.98 Å². The minimum atomic E-state index is -0.253. The van der Waals surface area contributed by atoms with Gasteiger partial charge in [-0.15, -0.1) is 0 Å². The number of carbonyl (C=O) groups is 1. The standard InChI is InChI=1S/C18H27N5O5/c1-11(2)16-15(20-10-27-16)18(24)19-7-13-9-26-6-5-23(13)8-14-21-17(22-28-14)12(3)25-4/h10-13H,5-9H2,1-4H3,(H,19,24). The third kappa shape index (κ3) is 4.75. The molecule has 0 aliphatic carbocycles. The molecule has 2 atom stereocenters. The first-order chi connectivity index (χ1) is 13.5. The normalized spacial score (nSPS) is 19.1. The SMILES string of the molecule is COC(C)c1noc(CN2CCOCC2CNC(=O)c2ncoc2C(C)C)n1. The van der Waals surface area contributed by atoms with E-state index in [-0.39, 0.29) is 24.0 Å². The van der Waals surface area contributed by atoms with E-state index in [1.807, 2.05) is 20.8 Å². The van der Waals surface area contributed by atoms with Gasteiger partial charge in [0, 0.05) is 26.1 Å². The lowest BCUT2D eigenvalue weighted by atomic mass is 10.1. The average Bonchev–Trinajstić information content (AvgIpc) is 3.36. The van der Waals surface area contributed by atoms with Gasteiger partial charge < -0.3 is 23.7 Å². The Labute approximate surface area is 163 Å². The molecule has 28 heavy (non-hydrogen) atoms. The van der Waals surface area contributed by atoms with Crippen LogP contribution in [-0.4, -0.2) is 65.4 Å². The first-order valence-electron chi connectivity index (χ1n) is 9.38. The fraction of sp³-hybridized carbons (Fsp3) is 0.667. The summed E-state index contributed by atoms with van der Waals surface area (Å²) in [6.07, 6.45) is 1.07. The van der Waals surface area contributed by atoms with Crippen LogP contribution in [-0.2, 0) is 16.0 Å². The Bertz CT molecular complexity index is 774. The topological polar surface area (TPSA) is 116 Å². The number of nitrogens with zero attached hydrogens (tertiary/aromatic N) is 4. The van der Waals surface area contributed by atoms with Crippen LogP contribution in [0, 0.1) is 0 Å². The summed E-state index contributed by atoms with van der Waals surface area (Å²) in [6.45, 7) is 8.49. The minimum absolute atomic E-state index is 0.0118. The third-order valence-corrected chi connectivity index (χ3v) is 4.72. The van der Waals surface area contributed by atoms with E-state index in [0.29, 0.717) is 56.0 Å². The van der Waals surface area contributed by atoms with Gasteiger partial charge in [-0.05, 0) is 6.92 Å². The summed E-state index contributed by atoms with van der Waals surface area (Å²) in [5, 5.41) is 6.88. The van der Waals surface area contributed by atoms with E-state index in [1.165, 1.54) is 6.39 Å². The number of methoxy groups -OCH3 is 1. The quantitative estimate of drug-likeness (QED) is 0.712. The Hall–Kier alpha value is -2.30. The van der Waals surface area contributed by atoms with Crippen LogP contribution < -0.4 is 5.32 Å². The number of amides is 1. The fourth-order valence-corrected chi connectivity index (χ4v) is 2.99. The van der Waals surface area contributed by atoms with E-state index in [4.69, 9.17) is 18.4 Å². The van der Waals surface area contributed by atoms with Gasteiger partial charge in [0.25, 0.3) is 5.91 Å². The van der Waals surface area contributed by atoms with Gasteiger partial charge in [0.05, 0.1) is 25.8 Å². The van der Waals surface area contributed by atoms with Crippen molar-refractivity contribution in [3.05, 3.63) is 29.6 Å². The van der Waals surface area contributed by atoms with E-state index in [9.17, 15) is 4.79 Å². The maximum Gasteiger partial charge on any atom is 0.273 e. The predicted octanol–water partition coefficient (Wildman–Crippen LogP) is 1.52. The van der Waals surface area contributed by atoms with Gasteiger partial charge in [0.1, 0.15) is 11.9 Å². The Kier molecular flexibility index (Phi) is 6.76. The first kappa shape index (κ1) is 20.4. The second kappa shape index (κ2) is 9.26. The van der Waals surface area contributed by atoms with Crippen molar-refractivity contribution in [2.75, 3.05) is 33.4 Å². The van der Waals surface area contributed by atoms with Gasteiger partial charge in [-0.1, -0.05) is 19.0 Å². The Balaban J connectivity index is 1.59. The van der Waals surface area contributed by atoms with E-state index in [1.54, 1.807) is 7.11 Å². The number of hydrogen-bond donors (Lipinski definition) is 1. The van der Waals surface area contributed by atoms with Gasteiger partial charge >= 0.3 is 0 Å². The monoisotopic (exact) mass is 393 g/mol.